The molecule has 0 saturated heterocycles. The molecule has 0 fully saturated rings. The van der Waals surface area contributed by atoms with E-state index >= 15 is 0 Å². The van der Waals surface area contributed by atoms with Gasteiger partial charge >= 0.3 is 0 Å². The molecule has 3 rings (SSSR count). The van der Waals surface area contributed by atoms with Crippen LogP contribution in [0.3, 0.4) is 0 Å². The third-order valence-corrected chi connectivity index (χ3v) is 3.06. The summed E-state index contributed by atoms with van der Waals surface area (Å²) in [6.45, 7) is 1.87. The summed E-state index contributed by atoms with van der Waals surface area (Å²) in [5.74, 6) is 0.566. The zero-order valence-corrected chi connectivity index (χ0v) is 11.1. The summed E-state index contributed by atoms with van der Waals surface area (Å²) in [6, 6.07) is 7.49. The number of hydrogen-bond donors (Lipinski definition) is 1. The monoisotopic (exact) mass is 266 g/mol. The smallest absolute Gasteiger partial charge is 0.260 e. The van der Waals surface area contributed by atoms with Crippen LogP contribution in [0.15, 0.2) is 52.5 Å². The predicted octanol–water partition coefficient (Wildman–Crippen LogP) is 2.32. The third kappa shape index (κ3) is 2.14. The van der Waals surface area contributed by atoms with Crippen molar-refractivity contribution in [3.8, 4) is 0 Å². The molecule has 1 aromatic carbocycles. The van der Waals surface area contributed by atoms with Crippen LogP contribution < -0.4 is 5.56 Å². The Morgan fingerprint density at radius 2 is 2.25 bits per heavy atom. The van der Waals surface area contributed by atoms with E-state index in [2.05, 4.69) is 15.0 Å². The van der Waals surface area contributed by atoms with Crippen LogP contribution in [0.2, 0.25) is 0 Å². The molecule has 0 bridgehead atoms. The zero-order chi connectivity index (χ0) is 13.9. The van der Waals surface area contributed by atoms with Gasteiger partial charge in [0.25, 0.3) is 5.56 Å². The van der Waals surface area contributed by atoms with Crippen molar-refractivity contribution in [1.29, 1.82) is 0 Å². The fraction of sp³-hybridized carbons (Fsp3) is 0.133. The molecule has 0 aliphatic rings. The SMILES string of the molecule is CC=N/C=C\Cc1cn2c(n1)[nH]c(=O)c1ccccc12. The number of rotatable bonds is 3. The van der Waals surface area contributed by atoms with Crippen molar-refractivity contribution >= 4 is 22.9 Å². The van der Waals surface area contributed by atoms with Crippen LogP contribution in [0.5, 0.6) is 0 Å². The van der Waals surface area contributed by atoms with Gasteiger partial charge in [0.05, 0.1) is 16.6 Å². The van der Waals surface area contributed by atoms with Gasteiger partial charge in [-0.25, -0.2) is 4.98 Å². The molecule has 5 heteroatoms. The van der Waals surface area contributed by atoms with E-state index in [1.54, 1.807) is 12.4 Å². The molecular formula is C15H14N4O. The summed E-state index contributed by atoms with van der Waals surface area (Å²) in [6.07, 6.45) is 8.01. The fourth-order valence-electron chi connectivity index (χ4n) is 2.16. The second-order valence-corrected chi connectivity index (χ2v) is 4.39. The van der Waals surface area contributed by atoms with Crippen molar-refractivity contribution in [2.45, 2.75) is 13.3 Å². The first kappa shape index (κ1) is 12.3. The van der Waals surface area contributed by atoms with E-state index in [1.165, 1.54) is 0 Å². The fourth-order valence-corrected chi connectivity index (χ4v) is 2.16. The van der Waals surface area contributed by atoms with Crippen molar-refractivity contribution < 1.29 is 0 Å². The number of para-hydroxylation sites is 1. The van der Waals surface area contributed by atoms with E-state index < -0.39 is 0 Å². The van der Waals surface area contributed by atoms with Crippen molar-refractivity contribution in [1.82, 2.24) is 14.4 Å². The Hall–Kier alpha value is -2.69. The highest BCUT2D eigenvalue weighted by Gasteiger charge is 2.06. The molecular weight excluding hydrogens is 252 g/mol. The summed E-state index contributed by atoms with van der Waals surface area (Å²) >= 11 is 0. The van der Waals surface area contributed by atoms with Crippen molar-refractivity contribution in [3.05, 3.63) is 58.8 Å². The van der Waals surface area contributed by atoms with Gasteiger partial charge in [0.15, 0.2) is 0 Å². The quantitative estimate of drug-likeness (QED) is 0.739. The summed E-state index contributed by atoms with van der Waals surface area (Å²) in [5.41, 5.74) is 1.64. The molecule has 2 aromatic heterocycles. The van der Waals surface area contributed by atoms with Gasteiger partial charge < -0.3 is 0 Å². The lowest BCUT2D eigenvalue weighted by molar-refractivity contribution is 1.13. The van der Waals surface area contributed by atoms with Crippen LogP contribution in [0.25, 0.3) is 16.7 Å². The lowest BCUT2D eigenvalue weighted by Gasteiger charge is -1.99. The summed E-state index contributed by atoms with van der Waals surface area (Å²) in [7, 11) is 0. The van der Waals surface area contributed by atoms with Gasteiger partial charge in [0.2, 0.25) is 5.78 Å². The Balaban J connectivity index is 2.11. The number of aliphatic imine (C=N–C) groups is 1. The molecule has 5 nitrogen and oxygen atoms in total. The largest absolute Gasteiger partial charge is 0.291 e. The minimum absolute atomic E-state index is 0.114. The number of aromatic amines is 1. The Kier molecular flexibility index (Phi) is 3.16. The number of nitrogens with zero attached hydrogens (tertiary/aromatic N) is 3. The number of H-pyrrole nitrogens is 1. The lowest BCUT2D eigenvalue weighted by Crippen LogP contribution is -2.09. The van der Waals surface area contributed by atoms with E-state index in [0.29, 0.717) is 17.6 Å². The predicted molar refractivity (Wildman–Crippen MR) is 80.3 cm³/mol. The van der Waals surface area contributed by atoms with Crippen LogP contribution in [0, 0.1) is 0 Å². The Morgan fingerprint density at radius 3 is 3.10 bits per heavy atom. The molecule has 0 amide bonds. The minimum Gasteiger partial charge on any atom is -0.291 e. The number of aromatic nitrogens is 3. The van der Waals surface area contributed by atoms with Crippen molar-refractivity contribution in [2.24, 2.45) is 4.99 Å². The average molecular weight is 266 g/mol. The number of benzene rings is 1. The first-order chi connectivity index (χ1) is 9.79. The highest BCUT2D eigenvalue weighted by Crippen LogP contribution is 2.12. The summed E-state index contributed by atoms with van der Waals surface area (Å²) < 4.78 is 1.91. The van der Waals surface area contributed by atoms with Crippen LogP contribution in [-0.4, -0.2) is 20.6 Å². The van der Waals surface area contributed by atoms with E-state index in [9.17, 15) is 4.79 Å². The van der Waals surface area contributed by atoms with Gasteiger partial charge in [-0.2, -0.15) is 0 Å². The van der Waals surface area contributed by atoms with Crippen LogP contribution in [0.1, 0.15) is 12.6 Å². The minimum atomic E-state index is -0.114. The van der Waals surface area contributed by atoms with E-state index in [0.717, 1.165) is 11.2 Å². The van der Waals surface area contributed by atoms with Crippen LogP contribution >= 0.6 is 0 Å². The molecule has 20 heavy (non-hydrogen) atoms. The van der Waals surface area contributed by atoms with Crippen molar-refractivity contribution in [2.75, 3.05) is 0 Å². The lowest BCUT2D eigenvalue weighted by atomic mass is 10.2. The molecule has 3 aromatic rings. The maximum absolute atomic E-state index is 12.0. The average Bonchev–Trinajstić information content (AvgIpc) is 2.87. The van der Waals surface area contributed by atoms with E-state index in [-0.39, 0.29) is 5.56 Å². The maximum Gasteiger partial charge on any atom is 0.260 e. The van der Waals surface area contributed by atoms with Gasteiger partial charge in [-0.3, -0.25) is 19.2 Å². The molecule has 2 heterocycles. The summed E-state index contributed by atoms with van der Waals surface area (Å²) in [5, 5.41) is 0.662. The van der Waals surface area contributed by atoms with Gasteiger partial charge in [-0.1, -0.05) is 18.2 Å². The van der Waals surface area contributed by atoms with Crippen LogP contribution in [-0.2, 0) is 6.42 Å². The normalized spacial score (nSPS) is 12.2. The second-order valence-electron chi connectivity index (χ2n) is 4.39. The van der Waals surface area contributed by atoms with Crippen LogP contribution in [0.4, 0.5) is 0 Å². The number of allylic oxidation sites excluding steroid dienone is 1. The standard InChI is InChI=1S/C15H14N4O/c1-2-16-9-5-6-11-10-19-13-8-4-3-7-12(13)14(20)18-15(19)17-11/h2-5,7-10H,6H2,1H3,(H,17,18,20)/b9-5-,16-2?. The molecule has 1 N–H and O–H groups in total. The molecule has 0 spiro atoms. The highest BCUT2D eigenvalue weighted by atomic mass is 16.1. The molecule has 0 radical (unpaired) electrons. The second kappa shape index (κ2) is 5.13. The first-order valence-corrected chi connectivity index (χ1v) is 6.41. The first-order valence-electron chi connectivity index (χ1n) is 6.41. The van der Waals surface area contributed by atoms with Gasteiger partial charge in [0, 0.05) is 25.0 Å². The molecule has 100 valence electrons. The van der Waals surface area contributed by atoms with E-state index in [1.807, 2.05) is 47.9 Å². The van der Waals surface area contributed by atoms with Gasteiger partial charge in [0.1, 0.15) is 0 Å². The molecule has 0 unspecified atom stereocenters. The molecule has 0 aliphatic heterocycles. The van der Waals surface area contributed by atoms with Gasteiger partial charge in [-0.05, 0) is 19.1 Å². The third-order valence-electron chi connectivity index (χ3n) is 3.06. The number of nitrogens with one attached hydrogen (secondary N) is 1. The Morgan fingerprint density at radius 1 is 1.40 bits per heavy atom. The number of hydrogen-bond acceptors (Lipinski definition) is 3. The molecule has 0 aliphatic carbocycles. The molecule has 0 saturated carbocycles. The number of fused-ring (bicyclic) bond motifs is 3. The van der Waals surface area contributed by atoms with E-state index in [4.69, 9.17) is 0 Å². The molecule has 0 atom stereocenters. The summed E-state index contributed by atoms with van der Waals surface area (Å²) in [4.78, 5) is 23.2. The zero-order valence-electron chi connectivity index (χ0n) is 11.1. The maximum atomic E-state index is 12.0. The number of imidazole rings is 1. The van der Waals surface area contributed by atoms with Gasteiger partial charge in [-0.15, -0.1) is 0 Å². The Labute approximate surface area is 115 Å². The highest BCUT2D eigenvalue weighted by molar-refractivity contribution is 5.79. The van der Waals surface area contributed by atoms with Crippen molar-refractivity contribution in [3.63, 3.8) is 0 Å². The topological polar surface area (TPSA) is 62.5 Å². The Bertz CT molecular complexity index is 870.